The number of rotatable bonds is 0. The maximum absolute atomic E-state index is 8.39. The van der Waals surface area contributed by atoms with Gasteiger partial charge in [-0.05, 0) is 0 Å². The van der Waals surface area contributed by atoms with Gasteiger partial charge in [0.15, 0.2) is 0 Å². The molecule has 0 aromatic carbocycles. The Labute approximate surface area is 84.6 Å². The Morgan fingerprint density at radius 3 is 1.25 bits per heavy atom. The largest absolute Gasteiger partial charge is 0 e. The van der Waals surface area contributed by atoms with Crippen LogP contribution >= 0.6 is 0 Å². The summed E-state index contributed by atoms with van der Waals surface area (Å²) < 4.78 is 8.39. The van der Waals surface area contributed by atoms with Crippen LogP contribution in [-0.4, -0.2) is 50.9 Å². The molecule has 0 rings (SSSR count). The summed E-state index contributed by atoms with van der Waals surface area (Å²) >= 11 is 0.0556. The molecule has 0 amide bonds. The van der Waals surface area contributed by atoms with Gasteiger partial charge in [0.2, 0.25) is 0 Å². The van der Waals surface area contributed by atoms with E-state index in [1.165, 1.54) is 0 Å². The fourth-order valence-electron chi connectivity index (χ4n) is 0. The maximum Gasteiger partial charge on any atom is 0 e. The Hall–Kier alpha value is 2.67. The first-order chi connectivity index (χ1) is 1.00. The van der Waals surface area contributed by atoms with E-state index in [1.54, 1.807) is 0 Å². The van der Waals surface area contributed by atoms with Gasteiger partial charge in [-0.3, -0.25) is 0 Å². The summed E-state index contributed by atoms with van der Waals surface area (Å²) in [6, 6.07) is 0. The number of hydrogen-bond acceptors (Lipinski definition) is 1. The van der Waals surface area contributed by atoms with Gasteiger partial charge in [-0.2, -0.15) is 0 Å². The van der Waals surface area contributed by atoms with Gasteiger partial charge in [-0.15, -0.1) is 0 Å². The van der Waals surface area contributed by atoms with Crippen molar-refractivity contribution in [2.45, 2.75) is 0 Å². The zero-order valence-electron chi connectivity index (χ0n) is 2.19. The second-order valence-corrected chi connectivity index (χ2v) is 0. The van der Waals surface area contributed by atoms with Crippen LogP contribution in [0.25, 0.3) is 0 Å². The Bertz CT molecular complexity index is 6.00. The predicted molar refractivity (Wildman–Crippen MR) is 17.8 cm³/mol. The minimum atomic E-state index is 0. The molecular weight excluding hydrogens is 523 g/mol. The zero-order valence-corrected chi connectivity index (χ0v) is 14.4. The Morgan fingerprint density at radius 1 is 1.25 bits per heavy atom. The SMILES string of the molecule is [BiH3].[O]=[BiH].[Y]. The van der Waals surface area contributed by atoms with Crippen molar-refractivity contribution in [3.8, 4) is 0 Å². The molecule has 0 aliphatic carbocycles. The van der Waals surface area contributed by atoms with Crippen molar-refractivity contribution in [2.24, 2.45) is 0 Å². The third kappa shape index (κ3) is 8.82. The topological polar surface area (TPSA) is 17.1 Å². The molecule has 0 unspecified atom stereocenters. The van der Waals surface area contributed by atoms with Crippen LogP contribution in [0, 0.1) is 0 Å². The van der Waals surface area contributed by atoms with Crippen LogP contribution in [0.2, 0.25) is 0 Å². The summed E-state index contributed by atoms with van der Waals surface area (Å²) in [6.07, 6.45) is 0. The summed E-state index contributed by atoms with van der Waals surface area (Å²) in [6.45, 7) is 0. The predicted octanol–water partition coefficient (Wildman–Crippen LogP) is -1.95. The van der Waals surface area contributed by atoms with E-state index < -0.39 is 0 Å². The van der Waals surface area contributed by atoms with Crippen molar-refractivity contribution >= 4 is 50.9 Å². The average molecular weight is 527 g/mol. The van der Waals surface area contributed by atoms with E-state index >= 15 is 0 Å². The van der Waals surface area contributed by atoms with Gasteiger partial charge in [0.25, 0.3) is 0 Å². The fourth-order valence-corrected chi connectivity index (χ4v) is 0. The Balaban J connectivity index is -0.00000000500. The van der Waals surface area contributed by atoms with Crippen LogP contribution in [0.4, 0.5) is 0 Å². The molecule has 1 nitrogen and oxygen atoms in total. The molecule has 1 radical (unpaired) electrons. The van der Waals surface area contributed by atoms with Crippen molar-refractivity contribution in [3.05, 3.63) is 0 Å². The molecule has 0 fully saturated rings. The van der Waals surface area contributed by atoms with Gasteiger partial charge in [-0.1, -0.05) is 0 Å². The van der Waals surface area contributed by atoms with Crippen LogP contribution in [-0.2, 0) is 35.5 Å². The van der Waals surface area contributed by atoms with Gasteiger partial charge in [0.05, 0.1) is 0 Å². The van der Waals surface area contributed by atoms with Crippen LogP contribution in [0.1, 0.15) is 0 Å². The van der Waals surface area contributed by atoms with Crippen molar-refractivity contribution in [1.82, 2.24) is 0 Å². The average Bonchev–Trinajstić information content (AvgIpc) is 1.00. The normalized spacial score (nSPS) is 1.00. The van der Waals surface area contributed by atoms with Gasteiger partial charge in [-0.25, -0.2) is 0 Å². The van der Waals surface area contributed by atoms with Crippen LogP contribution < -0.4 is 0 Å². The van der Waals surface area contributed by atoms with E-state index in [9.17, 15) is 0 Å². The second-order valence-electron chi connectivity index (χ2n) is 0. The molecule has 4 heavy (non-hydrogen) atoms. The standard InChI is InChI=1S/2Bi.O.Y.4H. The first-order valence-electron chi connectivity index (χ1n) is 0.204. The molecule has 0 saturated carbocycles. The summed E-state index contributed by atoms with van der Waals surface area (Å²) in [5, 5.41) is 0. The third-order valence-electron chi connectivity index (χ3n) is 0. The molecule has 0 heterocycles. The zero-order chi connectivity index (χ0) is 2.00. The molecule has 0 spiro atoms. The molecule has 0 aliphatic heterocycles. The molecule has 0 aliphatic rings. The first kappa shape index (κ1) is 15.9. The van der Waals surface area contributed by atoms with Gasteiger partial charge >= 0.3 is 53.7 Å². The van der Waals surface area contributed by atoms with E-state index in [4.69, 9.17) is 2.81 Å². The van der Waals surface area contributed by atoms with E-state index in [0.29, 0.717) is 0 Å². The minimum absolute atomic E-state index is 0. The monoisotopic (exact) mass is 527 g/mol. The molecule has 0 saturated heterocycles. The summed E-state index contributed by atoms with van der Waals surface area (Å²) in [5.41, 5.74) is 0. The molecule has 0 atom stereocenters. The molecule has 23 valence electrons. The molecular formula is H4Bi2OY. The van der Waals surface area contributed by atoms with E-state index in [0.717, 1.165) is 0 Å². The molecule has 0 bridgehead atoms. The smallest absolute Gasteiger partial charge is 0 e. The minimum Gasteiger partial charge on any atom is 0 e. The van der Waals surface area contributed by atoms with E-state index in [-0.39, 0.29) is 83.6 Å². The summed E-state index contributed by atoms with van der Waals surface area (Å²) in [7, 11) is 0. The van der Waals surface area contributed by atoms with Crippen molar-refractivity contribution in [3.63, 3.8) is 0 Å². The second kappa shape index (κ2) is 17.3. The van der Waals surface area contributed by atoms with Gasteiger partial charge in [0, 0.05) is 32.7 Å². The first-order valence-corrected chi connectivity index (χ1v) is 1.79. The van der Waals surface area contributed by atoms with Crippen LogP contribution in [0.3, 0.4) is 0 Å². The maximum atomic E-state index is 8.39. The van der Waals surface area contributed by atoms with Gasteiger partial charge < -0.3 is 0 Å². The Morgan fingerprint density at radius 2 is 1.25 bits per heavy atom. The van der Waals surface area contributed by atoms with E-state index in [1.807, 2.05) is 0 Å². The fraction of sp³-hybridized carbons (Fsp3) is 0. The van der Waals surface area contributed by atoms with Crippen LogP contribution in [0.15, 0.2) is 0 Å². The molecule has 0 aromatic rings. The van der Waals surface area contributed by atoms with E-state index in [2.05, 4.69) is 0 Å². The third-order valence-corrected chi connectivity index (χ3v) is 0. The molecule has 0 N–H and O–H groups in total. The van der Waals surface area contributed by atoms with Crippen molar-refractivity contribution in [1.29, 1.82) is 0 Å². The summed E-state index contributed by atoms with van der Waals surface area (Å²) in [5.74, 6) is 0. The Kier molecular flexibility index (Phi) is 69.0. The molecule has 0 aromatic heterocycles. The van der Waals surface area contributed by atoms with Crippen LogP contribution in [0.5, 0.6) is 0 Å². The van der Waals surface area contributed by atoms with Gasteiger partial charge in [0.1, 0.15) is 0 Å². The van der Waals surface area contributed by atoms with Crippen molar-refractivity contribution in [2.75, 3.05) is 0 Å². The van der Waals surface area contributed by atoms with Crippen molar-refractivity contribution < 1.29 is 35.5 Å². The quantitative estimate of drug-likeness (QED) is 0.336. The molecule has 4 heteroatoms. The summed E-state index contributed by atoms with van der Waals surface area (Å²) in [4.78, 5) is 0. The number of hydrogen-bond donors (Lipinski definition) is 0.